The average Bonchev–Trinajstić information content (AvgIpc) is 2.58. The van der Waals surface area contributed by atoms with Gasteiger partial charge < -0.3 is 15.0 Å². The van der Waals surface area contributed by atoms with Crippen LogP contribution >= 0.6 is 0 Å². The van der Waals surface area contributed by atoms with Crippen molar-refractivity contribution in [1.82, 2.24) is 10.2 Å². The third-order valence-electron chi connectivity index (χ3n) is 6.81. The highest BCUT2D eigenvalue weighted by molar-refractivity contribution is 5.77. The molecule has 0 aromatic heterocycles. The first-order chi connectivity index (χ1) is 12.5. The normalized spacial score (nSPS) is 31.8. The van der Waals surface area contributed by atoms with Crippen LogP contribution in [0.1, 0.15) is 44.1 Å². The molecule has 1 aromatic rings. The Morgan fingerprint density at radius 3 is 2.46 bits per heavy atom. The molecule has 4 aliphatic carbocycles. The van der Waals surface area contributed by atoms with Crippen LogP contribution in [-0.2, 0) is 11.3 Å². The minimum atomic E-state index is 0.0970. The summed E-state index contributed by atoms with van der Waals surface area (Å²) in [6.45, 7) is 1.85. The summed E-state index contributed by atoms with van der Waals surface area (Å²) in [4.78, 5) is 14.6. The number of likely N-dealkylation sites (N-methyl/N-ethyl adjacent to an activating group) is 1. The fourth-order valence-corrected chi connectivity index (χ4v) is 6.28. The van der Waals surface area contributed by atoms with Gasteiger partial charge in [0.2, 0.25) is 0 Å². The van der Waals surface area contributed by atoms with E-state index in [4.69, 9.17) is 4.74 Å². The zero-order chi connectivity index (χ0) is 18.1. The van der Waals surface area contributed by atoms with Crippen molar-refractivity contribution in [3.05, 3.63) is 29.8 Å². The van der Waals surface area contributed by atoms with E-state index in [9.17, 15) is 4.79 Å². The molecule has 4 aliphatic rings. The monoisotopic (exact) mass is 356 g/mol. The predicted molar refractivity (Wildman–Crippen MR) is 103 cm³/mol. The molecular weight excluding hydrogens is 324 g/mol. The Bertz CT molecular complexity index is 622. The Balaban J connectivity index is 1.32. The van der Waals surface area contributed by atoms with Gasteiger partial charge in [0.15, 0.2) is 6.61 Å². The number of hydrogen-bond donors (Lipinski definition) is 1. The molecule has 4 nitrogen and oxygen atoms in total. The molecule has 0 aliphatic heterocycles. The maximum atomic E-state index is 12.6. The summed E-state index contributed by atoms with van der Waals surface area (Å²) >= 11 is 0. The number of ether oxygens (including phenoxy) is 1. The Hall–Kier alpha value is -1.55. The highest BCUT2D eigenvalue weighted by Gasteiger charge is 2.51. The van der Waals surface area contributed by atoms with Crippen LogP contribution in [0.4, 0.5) is 0 Å². The lowest BCUT2D eigenvalue weighted by molar-refractivity contribution is -0.137. The Morgan fingerprint density at radius 1 is 1.19 bits per heavy atom. The minimum absolute atomic E-state index is 0.0970. The maximum absolute atomic E-state index is 12.6. The summed E-state index contributed by atoms with van der Waals surface area (Å²) in [5, 5.41) is 3.14. The van der Waals surface area contributed by atoms with Gasteiger partial charge in [-0.3, -0.25) is 4.79 Å². The molecule has 0 radical (unpaired) electrons. The highest BCUT2D eigenvalue weighted by atomic mass is 16.5. The van der Waals surface area contributed by atoms with Gasteiger partial charge in [-0.25, -0.2) is 0 Å². The van der Waals surface area contributed by atoms with E-state index in [1.165, 1.54) is 44.1 Å². The number of carbonyl (C=O) groups is 1. The van der Waals surface area contributed by atoms with Crippen molar-refractivity contribution >= 4 is 5.91 Å². The highest BCUT2D eigenvalue weighted by Crippen LogP contribution is 2.60. The first-order valence-corrected chi connectivity index (χ1v) is 10.2. The second-order valence-electron chi connectivity index (χ2n) is 9.13. The lowest BCUT2D eigenvalue weighted by Gasteiger charge is -2.57. The standard InChI is InChI=1S/C22H32N2O2/c1-23-13-16-4-3-5-20(9-16)26-14-21(25)24(2)15-22-10-17-6-18(11-22)8-19(7-17)12-22/h3-5,9,17-19,23H,6-8,10-15H2,1-2H3. The Morgan fingerprint density at radius 2 is 1.85 bits per heavy atom. The second-order valence-corrected chi connectivity index (χ2v) is 9.13. The molecule has 142 valence electrons. The Labute approximate surface area is 157 Å². The molecule has 0 unspecified atom stereocenters. The van der Waals surface area contributed by atoms with Gasteiger partial charge in [-0.05, 0) is 86.4 Å². The van der Waals surface area contributed by atoms with Crippen LogP contribution in [0.25, 0.3) is 0 Å². The van der Waals surface area contributed by atoms with E-state index < -0.39 is 0 Å². The fourth-order valence-electron chi connectivity index (χ4n) is 6.28. The summed E-state index contributed by atoms with van der Waals surface area (Å²) in [5.74, 6) is 3.65. The van der Waals surface area contributed by atoms with Crippen molar-refractivity contribution < 1.29 is 9.53 Å². The first-order valence-electron chi connectivity index (χ1n) is 10.2. The van der Waals surface area contributed by atoms with Gasteiger partial charge in [-0.1, -0.05) is 12.1 Å². The lowest BCUT2D eigenvalue weighted by Crippen LogP contribution is -2.51. The summed E-state index contributed by atoms with van der Waals surface area (Å²) in [6, 6.07) is 7.96. The third-order valence-corrected chi connectivity index (χ3v) is 6.81. The van der Waals surface area contributed by atoms with Crippen molar-refractivity contribution in [2.24, 2.45) is 23.2 Å². The summed E-state index contributed by atoms with van der Waals surface area (Å²) in [6.07, 6.45) is 8.35. The van der Waals surface area contributed by atoms with Crippen LogP contribution in [0.5, 0.6) is 5.75 Å². The largest absolute Gasteiger partial charge is 0.484 e. The fraction of sp³-hybridized carbons (Fsp3) is 0.682. The average molecular weight is 357 g/mol. The summed E-state index contributed by atoms with van der Waals surface area (Å²) in [7, 11) is 3.89. The second kappa shape index (κ2) is 7.22. The van der Waals surface area contributed by atoms with Crippen molar-refractivity contribution in [2.75, 3.05) is 27.2 Å². The predicted octanol–water partition coefficient (Wildman–Crippen LogP) is 3.46. The number of carbonyl (C=O) groups excluding carboxylic acids is 1. The smallest absolute Gasteiger partial charge is 0.260 e. The number of amides is 1. The van der Waals surface area contributed by atoms with E-state index in [0.717, 1.165) is 36.6 Å². The number of rotatable bonds is 7. The summed E-state index contributed by atoms with van der Waals surface area (Å²) < 4.78 is 5.78. The quantitative estimate of drug-likeness (QED) is 0.813. The summed E-state index contributed by atoms with van der Waals surface area (Å²) in [5.41, 5.74) is 1.56. The number of benzene rings is 1. The topological polar surface area (TPSA) is 41.6 Å². The van der Waals surface area contributed by atoms with Crippen molar-refractivity contribution in [1.29, 1.82) is 0 Å². The van der Waals surface area contributed by atoms with Crippen molar-refractivity contribution in [2.45, 2.75) is 45.1 Å². The molecule has 1 amide bonds. The van der Waals surface area contributed by atoms with E-state index in [1.54, 1.807) is 0 Å². The minimum Gasteiger partial charge on any atom is -0.484 e. The lowest BCUT2D eigenvalue weighted by atomic mass is 9.49. The SMILES string of the molecule is CNCc1cccc(OCC(=O)N(C)CC23CC4CC(CC(C4)C2)C3)c1. The van der Waals surface area contributed by atoms with Gasteiger partial charge >= 0.3 is 0 Å². The molecule has 0 atom stereocenters. The first kappa shape index (κ1) is 17.8. The van der Waals surface area contributed by atoms with Crippen LogP contribution in [0.15, 0.2) is 24.3 Å². The molecule has 4 saturated carbocycles. The molecule has 5 rings (SSSR count). The zero-order valence-electron chi connectivity index (χ0n) is 16.2. The van der Waals surface area contributed by atoms with E-state index >= 15 is 0 Å². The van der Waals surface area contributed by atoms with Gasteiger partial charge in [0, 0.05) is 20.1 Å². The van der Waals surface area contributed by atoms with Crippen LogP contribution in [-0.4, -0.2) is 38.1 Å². The molecule has 4 heteroatoms. The van der Waals surface area contributed by atoms with Crippen LogP contribution in [0.3, 0.4) is 0 Å². The van der Waals surface area contributed by atoms with Crippen molar-refractivity contribution in [3.8, 4) is 5.75 Å². The van der Waals surface area contributed by atoms with Gasteiger partial charge in [-0.15, -0.1) is 0 Å². The zero-order valence-corrected chi connectivity index (χ0v) is 16.2. The molecule has 4 bridgehead atoms. The molecule has 0 heterocycles. The molecule has 1 N–H and O–H groups in total. The molecule has 4 fully saturated rings. The molecule has 0 spiro atoms. The van der Waals surface area contributed by atoms with E-state index in [0.29, 0.717) is 5.41 Å². The molecule has 26 heavy (non-hydrogen) atoms. The van der Waals surface area contributed by atoms with E-state index in [-0.39, 0.29) is 12.5 Å². The van der Waals surface area contributed by atoms with E-state index in [1.807, 2.05) is 37.2 Å². The van der Waals surface area contributed by atoms with Gasteiger partial charge in [0.05, 0.1) is 0 Å². The van der Waals surface area contributed by atoms with Gasteiger partial charge in [-0.2, -0.15) is 0 Å². The Kier molecular flexibility index (Phi) is 4.96. The number of nitrogens with zero attached hydrogens (tertiary/aromatic N) is 1. The number of nitrogens with one attached hydrogen (secondary N) is 1. The molecule has 0 saturated heterocycles. The molecule has 1 aromatic carbocycles. The maximum Gasteiger partial charge on any atom is 0.260 e. The van der Waals surface area contributed by atoms with Gasteiger partial charge in [0.25, 0.3) is 5.91 Å². The van der Waals surface area contributed by atoms with Crippen LogP contribution in [0.2, 0.25) is 0 Å². The van der Waals surface area contributed by atoms with Crippen molar-refractivity contribution in [3.63, 3.8) is 0 Å². The van der Waals surface area contributed by atoms with Crippen LogP contribution < -0.4 is 10.1 Å². The molecular formula is C22H32N2O2. The number of hydrogen-bond acceptors (Lipinski definition) is 3. The third kappa shape index (κ3) is 3.75. The van der Waals surface area contributed by atoms with Crippen LogP contribution in [0, 0.1) is 23.2 Å². The van der Waals surface area contributed by atoms with E-state index in [2.05, 4.69) is 11.4 Å². The van der Waals surface area contributed by atoms with Gasteiger partial charge in [0.1, 0.15) is 5.75 Å².